The van der Waals surface area contributed by atoms with E-state index in [0.717, 1.165) is 11.3 Å². The SMILES string of the molecule is C[Si](C)(C)C(=S=O)C1CC1. The van der Waals surface area contributed by atoms with E-state index in [1.54, 1.807) is 0 Å². The molecule has 0 amide bonds. The highest BCUT2D eigenvalue weighted by molar-refractivity contribution is 7.72. The van der Waals surface area contributed by atoms with Gasteiger partial charge in [0.15, 0.2) is 0 Å². The molecule has 0 aromatic heterocycles. The molecule has 0 spiro atoms. The van der Waals surface area contributed by atoms with Crippen LogP contribution >= 0.6 is 0 Å². The molecular formula is C7H14OSSi. The molecule has 0 unspecified atom stereocenters. The fourth-order valence-electron chi connectivity index (χ4n) is 1.15. The van der Waals surface area contributed by atoms with E-state index in [9.17, 15) is 4.21 Å². The minimum Gasteiger partial charge on any atom is -0.213 e. The molecule has 1 saturated carbocycles. The Morgan fingerprint density at radius 2 is 1.90 bits per heavy atom. The van der Waals surface area contributed by atoms with Gasteiger partial charge < -0.3 is 0 Å². The van der Waals surface area contributed by atoms with Gasteiger partial charge in [-0.25, -0.2) is 4.21 Å². The zero-order chi connectivity index (χ0) is 7.78. The maximum atomic E-state index is 10.7. The zero-order valence-corrected chi connectivity index (χ0v) is 8.62. The average molecular weight is 174 g/mol. The largest absolute Gasteiger partial charge is 0.213 e. The van der Waals surface area contributed by atoms with Crippen LogP contribution in [0.1, 0.15) is 12.8 Å². The summed E-state index contributed by atoms with van der Waals surface area (Å²) in [5, 5.41) is 0. The van der Waals surface area contributed by atoms with E-state index in [0.29, 0.717) is 5.92 Å². The topological polar surface area (TPSA) is 17.1 Å². The molecule has 1 rings (SSSR count). The lowest BCUT2D eigenvalue weighted by atomic mass is 10.5. The zero-order valence-electron chi connectivity index (χ0n) is 6.81. The minimum absolute atomic E-state index is 0.703. The first-order chi connectivity index (χ1) is 4.55. The van der Waals surface area contributed by atoms with Crippen molar-refractivity contribution in [1.29, 1.82) is 0 Å². The minimum atomic E-state index is -1.22. The Morgan fingerprint density at radius 1 is 1.40 bits per heavy atom. The van der Waals surface area contributed by atoms with Gasteiger partial charge in [0.05, 0.1) is 19.3 Å². The van der Waals surface area contributed by atoms with Crippen LogP contribution in [0.4, 0.5) is 0 Å². The van der Waals surface area contributed by atoms with Gasteiger partial charge in [0, 0.05) is 4.49 Å². The lowest BCUT2D eigenvalue weighted by molar-refractivity contribution is 0.701. The van der Waals surface area contributed by atoms with Gasteiger partial charge in [-0.3, -0.25) is 0 Å². The van der Waals surface area contributed by atoms with Crippen LogP contribution in [0.5, 0.6) is 0 Å². The van der Waals surface area contributed by atoms with Gasteiger partial charge in [0.25, 0.3) is 0 Å². The monoisotopic (exact) mass is 174 g/mol. The van der Waals surface area contributed by atoms with E-state index in [1.807, 2.05) is 0 Å². The molecule has 0 saturated heterocycles. The molecule has 10 heavy (non-hydrogen) atoms. The molecule has 0 aliphatic heterocycles. The van der Waals surface area contributed by atoms with Gasteiger partial charge in [-0.05, 0) is 18.8 Å². The molecular weight excluding hydrogens is 160 g/mol. The molecule has 0 atom stereocenters. The summed E-state index contributed by atoms with van der Waals surface area (Å²) in [4.78, 5) is 0. The molecule has 1 aliphatic carbocycles. The van der Waals surface area contributed by atoms with E-state index >= 15 is 0 Å². The van der Waals surface area contributed by atoms with Crippen molar-refractivity contribution >= 4 is 23.8 Å². The Morgan fingerprint density at radius 3 is 2.00 bits per heavy atom. The van der Waals surface area contributed by atoms with Crippen LogP contribution in [0.3, 0.4) is 0 Å². The molecule has 1 aliphatic rings. The first-order valence-electron chi connectivity index (χ1n) is 3.73. The summed E-state index contributed by atoms with van der Waals surface area (Å²) in [7, 11) is -1.22. The van der Waals surface area contributed by atoms with Crippen molar-refractivity contribution in [3.05, 3.63) is 0 Å². The van der Waals surface area contributed by atoms with Gasteiger partial charge >= 0.3 is 0 Å². The normalized spacial score (nSPS) is 18.7. The van der Waals surface area contributed by atoms with Crippen molar-refractivity contribution in [1.82, 2.24) is 0 Å². The van der Waals surface area contributed by atoms with Gasteiger partial charge in [-0.2, -0.15) is 0 Å². The predicted molar refractivity (Wildman–Crippen MR) is 49.2 cm³/mol. The Kier molecular flexibility index (Phi) is 2.15. The van der Waals surface area contributed by atoms with Crippen molar-refractivity contribution in [2.45, 2.75) is 32.5 Å². The fourth-order valence-corrected chi connectivity index (χ4v) is 4.04. The number of hydrogen-bond acceptors (Lipinski definition) is 1. The molecule has 0 bridgehead atoms. The molecule has 3 heteroatoms. The van der Waals surface area contributed by atoms with Crippen molar-refractivity contribution in [3.8, 4) is 0 Å². The van der Waals surface area contributed by atoms with E-state index < -0.39 is 8.07 Å². The summed E-state index contributed by atoms with van der Waals surface area (Å²) in [6, 6.07) is 0. The summed E-state index contributed by atoms with van der Waals surface area (Å²) in [6.07, 6.45) is 2.55. The molecule has 0 heterocycles. The van der Waals surface area contributed by atoms with Crippen LogP contribution in [0.25, 0.3) is 0 Å². The summed E-state index contributed by atoms with van der Waals surface area (Å²) >= 11 is 0.776. The summed E-state index contributed by atoms with van der Waals surface area (Å²) in [5.74, 6) is 0.703. The van der Waals surface area contributed by atoms with Crippen LogP contribution in [-0.2, 0) is 11.3 Å². The Labute approximate surface area is 66.9 Å². The van der Waals surface area contributed by atoms with Crippen LogP contribution in [0, 0.1) is 5.92 Å². The van der Waals surface area contributed by atoms with Gasteiger partial charge in [0.2, 0.25) is 0 Å². The first kappa shape index (κ1) is 8.21. The molecule has 0 aromatic rings. The highest BCUT2D eigenvalue weighted by Crippen LogP contribution is 2.33. The van der Waals surface area contributed by atoms with Crippen LogP contribution in [0.2, 0.25) is 19.6 Å². The Bertz CT molecular complexity index is 184. The lowest BCUT2D eigenvalue weighted by Crippen LogP contribution is -2.34. The summed E-state index contributed by atoms with van der Waals surface area (Å²) < 4.78 is 12.0. The third-order valence-corrected chi connectivity index (χ3v) is 6.26. The maximum absolute atomic E-state index is 10.7. The third-order valence-electron chi connectivity index (χ3n) is 1.78. The maximum Gasteiger partial charge on any atom is 0.0897 e. The van der Waals surface area contributed by atoms with Gasteiger partial charge in [-0.1, -0.05) is 19.6 Å². The quantitative estimate of drug-likeness (QED) is 0.460. The second kappa shape index (κ2) is 2.62. The van der Waals surface area contributed by atoms with Gasteiger partial charge in [0.1, 0.15) is 0 Å². The molecule has 0 N–H and O–H groups in total. The summed E-state index contributed by atoms with van der Waals surface area (Å²) in [6.45, 7) is 6.77. The second-order valence-corrected chi connectivity index (χ2v) is 9.98. The van der Waals surface area contributed by atoms with Crippen molar-refractivity contribution < 1.29 is 4.21 Å². The molecule has 1 nitrogen and oxygen atoms in total. The summed E-state index contributed by atoms with van der Waals surface area (Å²) in [5.41, 5.74) is 0. The number of hydrogen-bond donors (Lipinski definition) is 0. The van der Waals surface area contributed by atoms with Crippen molar-refractivity contribution in [2.24, 2.45) is 5.92 Å². The van der Waals surface area contributed by atoms with Crippen molar-refractivity contribution in [2.75, 3.05) is 0 Å². The lowest BCUT2D eigenvalue weighted by Gasteiger charge is -2.15. The molecule has 58 valence electrons. The van der Waals surface area contributed by atoms with Crippen molar-refractivity contribution in [3.63, 3.8) is 0 Å². The molecule has 0 aromatic carbocycles. The predicted octanol–water partition coefficient (Wildman–Crippen LogP) is 1.66. The molecule has 0 radical (unpaired) electrons. The highest BCUT2D eigenvalue weighted by atomic mass is 32.1. The Hall–Kier alpha value is 0.107. The highest BCUT2D eigenvalue weighted by Gasteiger charge is 2.35. The average Bonchev–Trinajstić information content (AvgIpc) is 2.46. The first-order valence-corrected chi connectivity index (χ1v) is 7.97. The fraction of sp³-hybridized carbons (Fsp3) is 0.857. The van der Waals surface area contributed by atoms with E-state index in [4.69, 9.17) is 0 Å². The standard InChI is InChI=1S/C7H14OSSi/c1-10(2,3)7(9-8)6-4-5-6/h6H,4-5H2,1-3H3. The van der Waals surface area contributed by atoms with E-state index in [1.165, 1.54) is 17.3 Å². The van der Waals surface area contributed by atoms with Crippen LogP contribution in [0.15, 0.2) is 0 Å². The third kappa shape index (κ3) is 1.79. The number of rotatable bonds is 2. The smallest absolute Gasteiger partial charge is 0.0897 e. The second-order valence-electron chi connectivity index (χ2n) is 3.97. The van der Waals surface area contributed by atoms with E-state index in [2.05, 4.69) is 19.6 Å². The van der Waals surface area contributed by atoms with Gasteiger partial charge in [-0.15, -0.1) is 0 Å². The van der Waals surface area contributed by atoms with E-state index in [-0.39, 0.29) is 0 Å². The Balaban J connectivity index is 2.75. The van der Waals surface area contributed by atoms with Crippen LogP contribution in [-0.4, -0.2) is 16.8 Å². The molecule has 1 fully saturated rings. The van der Waals surface area contributed by atoms with Crippen LogP contribution < -0.4 is 0 Å².